The predicted molar refractivity (Wildman–Crippen MR) is 99.9 cm³/mol. The third-order valence-electron chi connectivity index (χ3n) is 5.65. The van der Waals surface area contributed by atoms with Crippen LogP contribution in [0, 0.1) is 5.92 Å². The molecule has 0 spiro atoms. The molecule has 1 fully saturated rings. The van der Waals surface area contributed by atoms with Crippen LogP contribution in [0.15, 0.2) is 48.8 Å². The van der Waals surface area contributed by atoms with Crippen molar-refractivity contribution in [2.45, 2.75) is 25.4 Å². The lowest BCUT2D eigenvalue weighted by atomic mass is 9.90. The smallest absolute Gasteiger partial charge is 0.308 e. The van der Waals surface area contributed by atoms with Crippen molar-refractivity contribution in [2.24, 2.45) is 5.92 Å². The van der Waals surface area contributed by atoms with E-state index in [2.05, 4.69) is 22.0 Å². The molecule has 1 amide bonds. The summed E-state index contributed by atoms with van der Waals surface area (Å²) < 4.78 is 0. The van der Waals surface area contributed by atoms with Gasteiger partial charge in [0, 0.05) is 57.5 Å². The van der Waals surface area contributed by atoms with Gasteiger partial charge >= 0.3 is 5.97 Å². The first-order valence-corrected chi connectivity index (χ1v) is 9.31. The molecule has 0 aliphatic carbocycles. The van der Waals surface area contributed by atoms with E-state index >= 15 is 0 Å². The van der Waals surface area contributed by atoms with Gasteiger partial charge in [0.2, 0.25) is 5.91 Å². The number of carbonyl (C=O) groups excluding carboxylic acids is 1. The molecule has 27 heavy (non-hydrogen) atoms. The third kappa shape index (κ3) is 3.71. The second-order valence-electron chi connectivity index (χ2n) is 7.37. The highest BCUT2D eigenvalue weighted by atomic mass is 16.4. The van der Waals surface area contributed by atoms with E-state index in [4.69, 9.17) is 0 Å². The van der Waals surface area contributed by atoms with Crippen LogP contribution in [-0.2, 0) is 22.7 Å². The van der Waals surface area contributed by atoms with E-state index in [9.17, 15) is 14.7 Å². The molecule has 4 rings (SSSR count). The van der Waals surface area contributed by atoms with Crippen LogP contribution in [0.4, 0.5) is 0 Å². The van der Waals surface area contributed by atoms with Gasteiger partial charge in [-0.2, -0.15) is 0 Å². The van der Waals surface area contributed by atoms with Crippen LogP contribution < -0.4 is 0 Å². The zero-order valence-electron chi connectivity index (χ0n) is 15.1. The number of aliphatic carboxylic acids is 1. The molecule has 0 unspecified atom stereocenters. The molecular formula is C21H23N3O3. The van der Waals surface area contributed by atoms with Crippen LogP contribution in [-0.4, -0.2) is 51.4 Å². The van der Waals surface area contributed by atoms with Crippen molar-refractivity contribution in [1.29, 1.82) is 0 Å². The Morgan fingerprint density at radius 2 is 1.81 bits per heavy atom. The average Bonchev–Trinajstić information content (AvgIpc) is 3.31. The van der Waals surface area contributed by atoms with Gasteiger partial charge in [-0.1, -0.05) is 30.3 Å². The topological polar surface area (TPSA) is 73.7 Å². The van der Waals surface area contributed by atoms with Crippen LogP contribution >= 0.6 is 0 Å². The molecule has 140 valence electrons. The zero-order valence-corrected chi connectivity index (χ0v) is 15.1. The van der Waals surface area contributed by atoms with Crippen molar-refractivity contribution in [1.82, 2.24) is 14.8 Å². The summed E-state index contributed by atoms with van der Waals surface area (Å²) in [6.07, 6.45) is 3.79. The molecule has 2 aliphatic heterocycles. The summed E-state index contributed by atoms with van der Waals surface area (Å²) in [5.41, 5.74) is 3.54. The monoisotopic (exact) mass is 365 g/mol. The number of aromatic nitrogens is 1. The Morgan fingerprint density at radius 3 is 2.44 bits per heavy atom. The van der Waals surface area contributed by atoms with Crippen LogP contribution in [0.25, 0.3) is 0 Å². The van der Waals surface area contributed by atoms with Crippen molar-refractivity contribution in [3.8, 4) is 0 Å². The molecule has 2 atom stereocenters. The minimum Gasteiger partial charge on any atom is -0.481 e. The van der Waals surface area contributed by atoms with Gasteiger partial charge in [-0.25, -0.2) is 0 Å². The fourth-order valence-corrected chi connectivity index (χ4v) is 4.16. The molecule has 1 N–H and O–H groups in total. The SMILES string of the molecule is O=C(O)[C@@H]1CN(C(=O)CCN2Cc3ccccc3C2)C[C@H]1c1cccnc1. The first-order chi connectivity index (χ1) is 13.1. The molecule has 2 aromatic rings. The molecule has 2 aliphatic rings. The largest absolute Gasteiger partial charge is 0.481 e. The van der Waals surface area contributed by atoms with Crippen LogP contribution in [0.1, 0.15) is 29.0 Å². The number of benzene rings is 1. The number of hydrogen-bond acceptors (Lipinski definition) is 4. The van der Waals surface area contributed by atoms with Crippen LogP contribution in [0.2, 0.25) is 0 Å². The Labute approximate surface area is 158 Å². The standard InChI is InChI=1S/C21H23N3O3/c25-20(7-9-23-11-16-4-1-2-5-17(16)12-23)24-13-18(19(14-24)21(26)27)15-6-3-8-22-10-15/h1-6,8,10,18-19H,7,9,11-14H2,(H,26,27)/t18-,19+/m0/s1. The van der Waals surface area contributed by atoms with E-state index in [0.29, 0.717) is 19.5 Å². The molecule has 1 saturated heterocycles. The fourth-order valence-electron chi connectivity index (χ4n) is 4.16. The Morgan fingerprint density at radius 1 is 1.07 bits per heavy atom. The number of carbonyl (C=O) groups is 2. The van der Waals surface area contributed by atoms with Crippen molar-refractivity contribution in [3.63, 3.8) is 0 Å². The van der Waals surface area contributed by atoms with Crippen molar-refractivity contribution in [3.05, 3.63) is 65.5 Å². The summed E-state index contributed by atoms with van der Waals surface area (Å²) in [6.45, 7) is 3.16. The highest BCUT2D eigenvalue weighted by Gasteiger charge is 2.40. The summed E-state index contributed by atoms with van der Waals surface area (Å²) in [4.78, 5) is 32.5. The fraction of sp³-hybridized carbons (Fsp3) is 0.381. The third-order valence-corrected chi connectivity index (χ3v) is 5.65. The molecular weight excluding hydrogens is 342 g/mol. The zero-order chi connectivity index (χ0) is 18.8. The maximum atomic E-state index is 12.7. The van der Waals surface area contributed by atoms with E-state index in [1.54, 1.807) is 17.3 Å². The lowest BCUT2D eigenvalue weighted by Crippen LogP contribution is -2.32. The summed E-state index contributed by atoms with van der Waals surface area (Å²) in [6, 6.07) is 12.1. The molecule has 1 aromatic carbocycles. The summed E-state index contributed by atoms with van der Waals surface area (Å²) in [5, 5.41) is 9.58. The van der Waals surface area contributed by atoms with E-state index < -0.39 is 11.9 Å². The molecule has 1 aromatic heterocycles. The number of hydrogen-bond donors (Lipinski definition) is 1. The van der Waals surface area contributed by atoms with Gasteiger partial charge in [0.1, 0.15) is 0 Å². The number of likely N-dealkylation sites (tertiary alicyclic amines) is 1. The quantitative estimate of drug-likeness (QED) is 0.879. The van der Waals surface area contributed by atoms with Gasteiger partial charge in [0.05, 0.1) is 5.92 Å². The number of pyridine rings is 1. The van der Waals surface area contributed by atoms with Gasteiger partial charge in [-0.05, 0) is 22.8 Å². The minimum atomic E-state index is -0.853. The Kier molecular flexibility index (Phi) is 4.90. The Bertz CT molecular complexity index is 815. The Hall–Kier alpha value is -2.73. The summed E-state index contributed by atoms with van der Waals surface area (Å²) >= 11 is 0. The van der Waals surface area contributed by atoms with Gasteiger partial charge < -0.3 is 10.0 Å². The maximum absolute atomic E-state index is 12.7. The normalized spacial score (nSPS) is 22.0. The second kappa shape index (κ2) is 7.48. The molecule has 0 saturated carbocycles. The van der Waals surface area contributed by atoms with E-state index in [1.807, 2.05) is 24.3 Å². The highest BCUT2D eigenvalue weighted by molar-refractivity contribution is 5.79. The lowest BCUT2D eigenvalue weighted by molar-refractivity contribution is -0.141. The van der Waals surface area contributed by atoms with E-state index in [-0.39, 0.29) is 18.4 Å². The van der Waals surface area contributed by atoms with Gasteiger partial charge in [-0.15, -0.1) is 0 Å². The molecule has 0 radical (unpaired) electrons. The van der Waals surface area contributed by atoms with Crippen molar-refractivity contribution >= 4 is 11.9 Å². The summed E-state index contributed by atoms with van der Waals surface area (Å²) in [5.74, 6) is -1.59. The van der Waals surface area contributed by atoms with Gasteiger partial charge in [0.25, 0.3) is 0 Å². The number of amides is 1. The maximum Gasteiger partial charge on any atom is 0.308 e. The number of nitrogens with zero attached hydrogens (tertiary/aromatic N) is 3. The van der Waals surface area contributed by atoms with Gasteiger partial charge in [0.15, 0.2) is 0 Å². The number of rotatable bonds is 5. The average molecular weight is 365 g/mol. The molecule has 3 heterocycles. The predicted octanol–water partition coefficient (Wildman–Crippen LogP) is 2.11. The Balaban J connectivity index is 1.36. The molecule has 6 nitrogen and oxygen atoms in total. The first-order valence-electron chi connectivity index (χ1n) is 9.31. The highest BCUT2D eigenvalue weighted by Crippen LogP contribution is 2.33. The molecule has 6 heteroatoms. The van der Waals surface area contributed by atoms with Crippen molar-refractivity contribution in [2.75, 3.05) is 19.6 Å². The van der Waals surface area contributed by atoms with Crippen molar-refractivity contribution < 1.29 is 14.7 Å². The lowest BCUT2D eigenvalue weighted by Gasteiger charge is -2.19. The molecule has 0 bridgehead atoms. The van der Waals surface area contributed by atoms with Gasteiger partial charge in [-0.3, -0.25) is 19.5 Å². The summed E-state index contributed by atoms with van der Waals surface area (Å²) in [7, 11) is 0. The van der Waals surface area contributed by atoms with E-state index in [0.717, 1.165) is 18.7 Å². The van der Waals surface area contributed by atoms with Crippen LogP contribution in [0.5, 0.6) is 0 Å². The van der Waals surface area contributed by atoms with E-state index in [1.165, 1.54) is 11.1 Å². The first kappa shape index (κ1) is 17.7. The minimum absolute atomic E-state index is 0.0311. The van der Waals surface area contributed by atoms with Crippen LogP contribution in [0.3, 0.4) is 0 Å². The number of carboxylic acid groups (broad SMARTS) is 1. The number of carboxylic acids is 1. The second-order valence-corrected chi connectivity index (χ2v) is 7.37. The number of fused-ring (bicyclic) bond motifs is 1.